The van der Waals surface area contributed by atoms with Crippen LogP contribution in [0, 0.1) is 0 Å². The molecule has 6 aromatic carbocycles. The molecule has 36 heavy (non-hydrogen) atoms. The second kappa shape index (κ2) is 8.16. The first-order valence-electron chi connectivity index (χ1n) is 12.1. The number of benzene rings is 6. The second-order valence-electron chi connectivity index (χ2n) is 9.11. The van der Waals surface area contributed by atoms with Gasteiger partial charge in [0.1, 0.15) is 0 Å². The van der Waals surface area contributed by atoms with E-state index < -0.39 is 7.14 Å². The van der Waals surface area contributed by atoms with Crippen molar-refractivity contribution in [2.24, 2.45) is 0 Å². The first kappa shape index (κ1) is 21.1. The average molecular weight is 480 g/mol. The average Bonchev–Trinajstić information content (AvgIpc) is 2.96. The molecule has 0 aliphatic carbocycles. The van der Waals surface area contributed by atoms with Crippen LogP contribution in [-0.4, -0.2) is 4.98 Å². The molecule has 0 saturated heterocycles. The number of pyridine rings is 1. The Kier molecular flexibility index (Phi) is 4.77. The van der Waals surface area contributed by atoms with Crippen molar-refractivity contribution in [3.8, 4) is 0 Å². The molecule has 0 aliphatic rings. The third-order valence-corrected chi connectivity index (χ3v) is 10.3. The summed E-state index contributed by atoms with van der Waals surface area (Å²) in [4.78, 5) is 5.27. The summed E-state index contributed by atoms with van der Waals surface area (Å²) < 4.78 is 15.7. The molecule has 0 bridgehead atoms. The molecule has 0 N–H and O–H groups in total. The number of hydrogen-bond donors (Lipinski definition) is 0. The third-order valence-electron chi connectivity index (χ3n) is 7.09. The van der Waals surface area contributed by atoms with Crippen LogP contribution in [0.2, 0.25) is 0 Å². The molecular formula is C33H22NOP. The summed E-state index contributed by atoms with van der Waals surface area (Å²) in [5.41, 5.74) is 1.78. The van der Waals surface area contributed by atoms with Gasteiger partial charge in [-0.2, -0.15) is 0 Å². The minimum absolute atomic E-state index is 0.825. The molecule has 7 aromatic rings. The lowest BCUT2D eigenvalue weighted by Crippen LogP contribution is -2.26. The molecule has 3 heteroatoms. The Labute approximate surface area is 209 Å². The molecule has 0 fully saturated rings. The largest absolute Gasteiger partial charge is 0.309 e. The van der Waals surface area contributed by atoms with Crippen LogP contribution in [0.1, 0.15) is 0 Å². The van der Waals surface area contributed by atoms with E-state index in [9.17, 15) is 0 Å². The van der Waals surface area contributed by atoms with Gasteiger partial charge in [0.2, 0.25) is 0 Å². The number of hydrogen-bond acceptors (Lipinski definition) is 2. The lowest BCUT2D eigenvalue weighted by Gasteiger charge is -2.24. The predicted molar refractivity (Wildman–Crippen MR) is 154 cm³/mol. The molecule has 170 valence electrons. The summed E-state index contributed by atoms with van der Waals surface area (Å²) in [6, 6.07) is 44.9. The van der Waals surface area contributed by atoms with Gasteiger partial charge in [-0.25, -0.2) is 4.98 Å². The first-order valence-corrected chi connectivity index (χ1v) is 13.8. The highest BCUT2D eigenvalue weighted by Gasteiger charge is 2.34. The lowest BCUT2D eigenvalue weighted by molar-refractivity contribution is 0.593. The maximum Gasteiger partial charge on any atom is 0.172 e. The van der Waals surface area contributed by atoms with Crippen LogP contribution < -0.4 is 15.9 Å². The van der Waals surface area contributed by atoms with E-state index in [4.69, 9.17) is 4.98 Å². The quantitative estimate of drug-likeness (QED) is 0.151. The van der Waals surface area contributed by atoms with E-state index in [0.29, 0.717) is 0 Å². The van der Waals surface area contributed by atoms with Crippen LogP contribution in [-0.2, 0) is 4.57 Å². The SMILES string of the molecule is O=P(c1ccccc1)(c1ccccc1)c1c2ccc3ccccc3c2nc2c1ccc1ccccc12. The molecular weight excluding hydrogens is 457 g/mol. The highest BCUT2D eigenvalue weighted by Crippen LogP contribution is 2.47. The van der Waals surface area contributed by atoms with Crippen LogP contribution in [0.5, 0.6) is 0 Å². The van der Waals surface area contributed by atoms with Gasteiger partial charge in [0.25, 0.3) is 0 Å². The summed E-state index contributed by atoms with van der Waals surface area (Å²) >= 11 is 0. The topological polar surface area (TPSA) is 30.0 Å². The lowest BCUT2D eigenvalue weighted by atomic mass is 10.0. The van der Waals surface area contributed by atoms with Gasteiger partial charge in [-0.1, -0.05) is 133 Å². The molecule has 0 radical (unpaired) electrons. The van der Waals surface area contributed by atoms with Crippen molar-refractivity contribution in [3.63, 3.8) is 0 Å². The van der Waals surface area contributed by atoms with Gasteiger partial charge in [-0.3, -0.25) is 0 Å². The summed E-state index contributed by atoms with van der Waals surface area (Å²) in [5.74, 6) is 0. The van der Waals surface area contributed by atoms with Crippen LogP contribution in [0.4, 0.5) is 0 Å². The Morgan fingerprint density at radius 1 is 0.417 bits per heavy atom. The molecule has 7 rings (SSSR count). The maximum absolute atomic E-state index is 15.7. The van der Waals surface area contributed by atoms with E-state index in [1.165, 1.54) is 0 Å². The number of nitrogens with zero attached hydrogens (tertiary/aromatic N) is 1. The van der Waals surface area contributed by atoms with E-state index in [2.05, 4.69) is 48.5 Å². The predicted octanol–water partition coefficient (Wildman–Crippen LogP) is 7.33. The van der Waals surface area contributed by atoms with Crippen molar-refractivity contribution in [1.82, 2.24) is 4.98 Å². The summed E-state index contributed by atoms with van der Waals surface area (Å²) in [5, 5.41) is 8.76. The Morgan fingerprint density at radius 3 is 1.31 bits per heavy atom. The van der Waals surface area contributed by atoms with Crippen LogP contribution in [0.15, 0.2) is 133 Å². The molecule has 0 spiro atoms. The normalized spacial score (nSPS) is 12.0. The van der Waals surface area contributed by atoms with Crippen molar-refractivity contribution in [2.75, 3.05) is 0 Å². The van der Waals surface area contributed by atoms with Gasteiger partial charge in [-0.05, 0) is 10.8 Å². The molecule has 1 heterocycles. The number of rotatable bonds is 3. The zero-order valence-corrected chi connectivity index (χ0v) is 20.4. The number of aromatic nitrogens is 1. The Hall–Kier alpha value is -4.26. The fourth-order valence-corrected chi connectivity index (χ4v) is 8.45. The summed E-state index contributed by atoms with van der Waals surface area (Å²) in [6.45, 7) is 0. The fraction of sp³-hybridized carbons (Fsp3) is 0. The van der Waals surface area contributed by atoms with Gasteiger partial charge >= 0.3 is 0 Å². The van der Waals surface area contributed by atoms with Crippen LogP contribution >= 0.6 is 7.14 Å². The molecule has 1 aromatic heterocycles. The molecule has 0 saturated carbocycles. The summed E-state index contributed by atoms with van der Waals surface area (Å²) in [6.07, 6.45) is 0. The molecule has 0 unspecified atom stereocenters. The first-order chi connectivity index (χ1) is 17.7. The van der Waals surface area contributed by atoms with Gasteiger partial charge in [0.05, 0.1) is 11.0 Å². The zero-order valence-electron chi connectivity index (χ0n) is 19.5. The minimum Gasteiger partial charge on any atom is -0.309 e. The third kappa shape index (κ3) is 3.05. The van der Waals surface area contributed by atoms with Gasteiger partial charge in [0, 0.05) is 37.5 Å². The van der Waals surface area contributed by atoms with Crippen molar-refractivity contribution >= 4 is 66.4 Å². The smallest absolute Gasteiger partial charge is 0.172 e. The van der Waals surface area contributed by atoms with E-state index in [1.807, 2.05) is 84.9 Å². The molecule has 2 nitrogen and oxygen atoms in total. The Balaban J connectivity index is 1.77. The zero-order chi connectivity index (χ0) is 24.1. The molecule has 0 atom stereocenters. The Morgan fingerprint density at radius 2 is 0.833 bits per heavy atom. The van der Waals surface area contributed by atoms with E-state index in [0.717, 1.165) is 59.3 Å². The number of fused-ring (bicyclic) bond motifs is 6. The molecule has 0 aliphatic heterocycles. The van der Waals surface area contributed by atoms with Gasteiger partial charge in [0.15, 0.2) is 7.14 Å². The van der Waals surface area contributed by atoms with Crippen molar-refractivity contribution in [2.45, 2.75) is 0 Å². The highest BCUT2D eigenvalue weighted by atomic mass is 31.2. The standard InChI is InChI=1S/C33H22NOP/c35-36(25-13-3-1-4-14-25,26-15-5-2-6-16-26)33-29-21-19-23-11-7-9-17-27(23)31(29)34-32-28-18-10-8-12-24(28)20-22-30(32)33/h1-22H. The maximum atomic E-state index is 15.7. The van der Waals surface area contributed by atoms with Crippen LogP contribution in [0.3, 0.4) is 0 Å². The second-order valence-corrected chi connectivity index (χ2v) is 11.8. The minimum atomic E-state index is -3.26. The van der Waals surface area contributed by atoms with Gasteiger partial charge < -0.3 is 4.57 Å². The van der Waals surface area contributed by atoms with E-state index in [-0.39, 0.29) is 0 Å². The fourth-order valence-electron chi connectivity index (χ4n) is 5.41. The van der Waals surface area contributed by atoms with Crippen LogP contribution in [0.25, 0.3) is 43.4 Å². The van der Waals surface area contributed by atoms with E-state index >= 15 is 4.57 Å². The highest BCUT2D eigenvalue weighted by molar-refractivity contribution is 7.86. The Bertz CT molecular complexity index is 1830. The van der Waals surface area contributed by atoms with Crippen molar-refractivity contribution in [1.29, 1.82) is 0 Å². The van der Waals surface area contributed by atoms with E-state index in [1.54, 1.807) is 0 Å². The summed E-state index contributed by atoms with van der Waals surface area (Å²) in [7, 11) is -3.26. The van der Waals surface area contributed by atoms with Crippen molar-refractivity contribution in [3.05, 3.63) is 133 Å². The molecule has 0 amide bonds. The van der Waals surface area contributed by atoms with Crippen molar-refractivity contribution < 1.29 is 4.57 Å². The monoisotopic (exact) mass is 479 g/mol. The van der Waals surface area contributed by atoms with Gasteiger partial charge in [-0.15, -0.1) is 0 Å².